The minimum Gasteiger partial charge on any atom is -0.105 e. The molecule has 90 valence electrons. The minimum absolute atomic E-state index is 0.153. The highest BCUT2D eigenvalue weighted by atomic mass is 35.5. The summed E-state index contributed by atoms with van der Waals surface area (Å²) in [6.45, 7) is 2.28. The zero-order valence-electron chi connectivity index (χ0n) is 9.90. The van der Waals surface area contributed by atoms with Crippen LogP contribution in [0.2, 0.25) is 12.1 Å². The van der Waals surface area contributed by atoms with Crippen molar-refractivity contribution in [3.63, 3.8) is 0 Å². The van der Waals surface area contributed by atoms with Gasteiger partial charge in [-0.3, -0.25) is 0 Å². The van der Waals surface area contributed by atoms with E-state index in [0.717, 1.165) is 6.42 Å². The van der Waals surface area contributed by atoms with E-state index in [9.17, 15) is 0 Å². The van der Waals surface area contributed by atoms with Gasteiger partial charge >= 0.3 is 0 Å². The van der Waals surface area contributed by atoms with Crippen LogP contribution in [0.4, 0.5) is 0 Å². The summed E-state index contributed by atoms with van der Waals surface area (Å²) in [6, 6.07) is 2.83. The molecule has 0 heterocycles. The molecule has 0 fully saturated rings. The first-order chi connectivity index (χ1) is 7.27. The Balaban J connectivity index is 2.87. The van der Waals surface area contributed by atoms with E-state index in [1.165, 1.54) is 66.6 Å². The van der Waals surface area contributed by atoms with Crippen LogP contribution in [-0.2, 0) is 0 Å². The number of halogens is 2. The van der Waals surface area contributed by atoms with Crippen molar-refractivity contribution in [3.8, 4) is 0 Å². The van der Waals surface area contributed by atoms with Crippen LogP contribution in [0, 0.1) is 0 Å². The van der Waals surface area contributed by atoms with Crippen molar-refractivity contribution >= 4 is 32.7 Å². The summed E-state index contributed by atoms with van der Waals surface area (Å²) < 4.78 is 0. The summed E-state index contributed by atoms with van der Waals surface area (Å²) in [7, 11) is 1.19. The fourth-order valence-electron chi connectivity index (χ4n) is 1.61. The molecule has 0 amide bonds. The second kappa shape index (κ2) is 12.9. The monoisotopic (exact) mass is 266 g/mol. The van der Waals surface area contributed by atoms with Crippen LogP contribution in [-0.4, -0.2) is 14.4 Å². The minimum atomic E-state index is -0.153. The van der Waals surface area contributed by atoms with Crippen molar-refractivity contribution in [2.75, 3.05) is 0 Å². The molecule has 2 radical (unpaired) electrons. The van der Waals surface area contributed by atoms with Crippen molar-refractivity contribution in [1.82, 2.24) is 0 Å². The highest BCUT2D eigenvalue weighted by Crippen LogP contribution is 2.14. The Morgan fingerprint density at radius 2 is 1.40 bits per heavy atom. The van der Waals surface area contributed by atoms with Gasteiger partial charge in [-0.1, -0.05) is 64.0 Å². The van der Waals surface area contributed by atoms with Gasteiger partial charge < -0.3 is 0 Å². The lowest BCUT2D eigenvalue weighted by atomic mass is 10.1. The van der Waals surface area contributed by atoms with Gasteiger partial charge in [-0.05, 0) is 6.42 Å². The van der Waals surface area contributed by atoms with E-state index in [-0.39, 0.29) is 4.84 Å². The van der Waals surface area contributed by atoms with Gasteiger partial charge in [0.05, 0.1) is 0 Å². The fourth-order valence-corrected chi connectivity index (χ4v) is 2.77. The molecule has 15 heavy (non-hydrogen) atoms. The maximum Gasteiger partial charge on any atom is 0.107 e. The second-order valence-electron chi connectivity index (χ2n) is 4.01. The fraction of sp³-hybridized carbons (Fsp3) is 1.00. The van der Waals surface area contributed by atoms with E-state index in [1.54, 1.807) is 0 Å². The molecule has 0 saturated heterocycles. The standard InChI is InChI=1S/C12H24Cl2Si/c1-2-15-11-9-7-5-3-4-6-8-10-12(13)14/h12H,2-11H2,1H3. The van der Waals surface area contributed by atoms with Gasteiger partial charge in [-0.2, -0.15) is 0 Å². The molecule has 0 unspecified atom stereocenters. The Morgan fingerprint density at radius 3 is 1.93 bits per heavy atom. The van der Waals surface area contributed by atoms with Crippen molar-refractivity contribution < 1.29 is 0 Å². The summed E-state index contributed by atoms with van der Waals surface area (Å²) in [6.07, 6.45) is 10.5. The summed E-state index contributed by atoms with van der Waals surface area (Å²) in [5, 5.41) is 0. The van der Waals surface area contributed by atoms with Crippen LogP contribution in [0.1, 0.15) is 58.3 Å². The summed E-state index contributed by atoms with van der Waals surface area (Å²) in [4.78, 5) is -0.153. The van der Waals surface area contributed by atoms with E-state index in [2.05, 4.69) is 6.92 Å². The van der Waals surface area contributed by atoms with Crippen LogP contribution in [0.5, 0.6) is 0 Å². The van der Waals surface area contributed by atoms with Gasteiger partial charge in [-0.15, -0.1) is 23.2 Å². The molecule has 0 saturated carbocycles. The smallest absolute Gasteiger partial charge is 0.105 e. The molecule has 0 rings (SSSR count). The molecule has 0 nitrogen and oxygen atoms in total. The maximum absolute atomic E-state index is 5.65. The van der Waals surface area contributed by atoms with Crippen molar-refractivity contribution in [1.29, 1.82) is 0 Å². The first kappa shape index (κ1) is 15.8. The summed E-state index contributed by atoms with van der Waals surface area (Å²) >= 11 is 11.3. The maximum atomic E-state index is 5.65. The first-order valence-corrected chi connectivity index (χ1v) is 8.55. The third-order valence-electron chi connectivity index (χ3n) is 2.53. The molecule has 0 spiro atoms. The molecule has 0 aliphatic heterocycles. The molecule has 0 bridgehead atoms. The van der Waals surface area contributed by atoms with Gasteiger partial charge in [-0.25, -0.2) is 0 Å². The van der Waals surface area contributed by atoms with E-state index < -0.39 is 0 Å². The predicted molar refractivity (Wildman–Crippen MR) is 73.5 cm³/mol. The molecule has 0 aliphatic carbocycles. The van der Waals surface area contributed by atoms with Crippen LogP contribution in [0.25, 0.3) is 0 Å². The summed E-state index contributed by atoms with van der Waals surface area (Å²) in [5.41, 5.74) is 0. The molecule has 0 aromatic rings. The highest BCUT2D eigenvalue weighted by molar-refractivity contribution is 6.44. The number of alkyl halides is 2. The first-order valence-electron chi connectivity index (χ1n) is 6.26. The molecular weight excluding hydrogens is 243 g/mol. The van der Waals surface area contributed by atoms with Crippen molar-refractivity contribution in [2.45, 2.75) is 75.2 Å². The zero-order valence-corrected chi connectivity index (χ0v) is 12.4. The molecule has 3 heteroatoms. The van der Waals surface area contributed by atoms with E-state index >= 15 is 0 Å². The number of hydrogen-bond acceptors (Lipinski definition) is 0. The van der Waals surface area contributed by atoms with Crippen LogP contribution >= 0.6 is 23.2 Å². The average molecular weight is 267 g/mol. The molecule has 0 atom stereocenters. The Hall–Kier alpha value is 0.797. The highest BCUT2D eigenvalue weighted by Gasteiger charge is 1.97. The molecule has 0 aliphatic rings. The Kier molecular flexibility index (Phi) is 13.5. The predicted octanol–water partition coefficient (Wildman–Crippen LogP) is 5.47. The Labute approximate surface area is 108 Å². The summed E-state index contributed by atoms with van der Waals surface area (Å²) in [5.74, 6) is 0. The van der Waals surface area contributed by atoms with Crippen LogP contribution < -0.4 is 0 Å². The SMILES string of the molecule is CC[Si]CCCCCCCCCC(Cl)Cl. The van der Waals surface area contributed by atoms with E-state index in [0.29, 0.717) is 0 Å². The van der Waals surface area contributed by atoms with Crippen LogP contribution in [0.3, 0.4) is 0 Å². The zero-order chi connectivity index (χ0) is 11.4. The number of hydrogen-bond donors (Lipinski definition) is 0. The molecule has 0 aromatic carbocycles. The molecular formula is C12H24Cl2Si. The van der Waals surface area contributed by atoms with Gasteiger partial charge in [0.2, 0.25) is 0 Å². The second-order valence-corrected chi connectivity index (χ2v) is 6.99. The van der Waals surface area contributed by atoms with Crippen molar-refractivity contribution in [2.24, 2.45) is 0 Å². The number of rotatable bonds is 11. The van der Waals surface area contributed by atoms with Crippen LogP contribution in [0.15, 0.2) is 0 Å². The van der Waals surface area contributed by atoms with Gasteiger partial charge in [0, 0.05) is 9.52 Å². The normalized spacial score (nSPS) is 11.2. The average Bonchev–Trinajstić information content (AvgIpc) is 2.20. The Bertz CT molecular complexity index is 118. The lowest BCUT2D eigenvalue weighted by molar-refractivity contribution is 0.582. The van der Waals surface area contributed by atoms with E-state index in [4.69, 9.17) is 23.2 Å². The Morgan fingerprint density at radius 1 is 0.867 bits per heavy atom. The van der Waals surface area contributed by atoms with Gasteiger partial charge in [0.1, 0.15) is 4.84 Å². The van der Waals surface area contributed by atoms with Gasteiger partial charge in [0.25, 0.3) is 0 Å². The topological polar surface area (TPSA) is 0 Å². The largest absolute Gasteiger partial charge is 0.107 e. The molecule has 0 N–H and O–H groups in total. The quantitative estimate of drug-likeness (QED) is 0.264. The van der Waals surface area contributed by atoms with E-state index in [1.807, 2.05) is 0 Å². The third kappa shape index (κ3) is 14.8. The van der Waals surface area contributed by atoms with Gasteiger partial charge in [0.15, 0.2) is 0 Å². The number of unbranched alkanes of at least 4 members (excludes halogenated alkanes) is 6. The lowest BCUT2D eigenvalue weighted by Crippen LogP contribution is -1.88. The lowest BCUT2D eigenvalue weighted by Gasteiger charge is -2.02. The third-order valence-corrected chi connectivity index (χ3v) is 4.17. The molecule has 0 aromatic heterocycles. The van der Waals surface area contributed by atoms with Crippen molar-refractivity contribution in [3.05, 3.63) is 0 Å².